The maximum absolute atomic E-state index is 12.0. The first-order chi connectivity index (χ1) is 16.7. The van der Waals surface area contributed by atoms with Crippen LogP contribution in [-0.2, 0) is 14.8 Å². The first kappa shape index (κ1) is 22.2. The molecule has 0 radical (unpaired) electrons. The van der Waals surface area contributed by atoms with Crippen LogP contribution in [0.25, 0.3) is 10.8 Å². The Morgan fingerprint density at radius 2 is 2.00 bits per heavy atom. The third-order valence-electron chi connectivity index (χ3n) is 10.1. The minimum atomic E-state index is -3.23. The molecule has 1 unspecified atom stereocenters. The summed E-state index contributed by atoms with van der Waals surface area (Å²) in [4.78, 5) is 4.35. The molecule has 1 saturated heterocycles. The highest BCUT2D eigenvalue weighted by molar-refractivity contribution is 7.88. The summed E-state index contributed by atoms with van der Waals surface area (Å²) in [7, 11) is -3.23. The summed E-state index contributed by atoms with van der Waals surface area (Å²) < 4.78 is 34.1. The summed E-state index contributed by atoms with van der Waals surface area (Å²) in [5.41, 5.74) is 3.85. The van der Waals surface area contributed by atoms with Gasteiger partial charge in [-0.05, 0) is 103 Å². The van der Waals surface area contributed by atoms with Gasteiger partial charge in [0, 0.05) is 23.8 Å². The van der Waals surface area contributed by atoms with Crippen LogP contribution in [0.2, 0.25) is 0 Å². The highest BCUT2D eigenvalue weighted by Crippen LogP contribution is 2.69. The minimum Gasteiger partial charge on any atom is -0.359 e. The zero-order valence-corrected chi connectivity index (χ0v) is 21.4. The number of sulfonamides is 1. The Morgan fingerprint density at radius 3 is 2.86 bits per heavy atom. The zero-order valence-electron chi connectivity index (χ0n) is 20.6. The van der Waals surface area contributed by atoms with E-state index in [1.54, 1.807) is 0 Å². The van der Waals surface area contributed by atoms with E-state index in [2.05, 4.69) is 53.0 Å². The monoisotopic (exact) mass is 490 g/mol. The van der Waals surface area contributed by atoms with Gasteiger partial charge in [0.2, 0.25) is 10.0 Å². The van der Waals surface area contributed by atoms with Crippen LogP contribution in [0.5, 0.6) is 0 Å². The normalized spacial score (nSPS) is 40.0. The number of aromatic nitrogens is 1. The van der Waals surface area contributed by atoms with Crippen molar-refractivity contribution in [3.05, 3.63) is 65.5 Å². The summed E-state index contributed by atoms with van der Waals surface area (Å²) in [6.07, 6.45) is 18.1. The van der Waals surface area contributed by atoms with Crippen LogP contribution in [0.4, 0.5) is 0 Å². The first-order valence-corrected chi connectivity index (χ1v) is 15.0. The average Bonchev–Trinajstić information content (AvgIpc) is 3.33. The van der Waals surface area contributed by atoms with Gasteiger partial charge in [-0.2, -0.15) is 0 Å². The molecule has 5 aliphatic rings. The highest BCUT2D eigenvalue weighted by Gasteiger charge is 2.66. The Hall–Kier alpha value is -2.02. The van der Waals surface area contributed by atoms with Crippen LogP contribution in [0.3, 0.4) is 0 Å². The molecule has 2 bridgehead atoms. The summed E-state index contributed by atoms with van der Waals surface area (Å²) in [6.45, 7) is 2.49. The van der Waals surface area contributed by atoms with E-state index in [-0.39, 0.29) is 22.7 Å². The number of rotatable bonds is 3. The van der Waals surface area contributed by atoms with Crippen molar-refractivity contribution in [3.8, 4) is 0 Å². The topological polar surface area (TPSA) is 68.3 Å². The Bertz CT molecular complexity index is 1400. The molecule has 3 heterocycles. The molecule has 3 fully saturated rings. The predicted octanol–water partition coefficient (Wildman–Crippen LogP) is 5.39. The summed E-state index contributed by atoms with van der Waals surface area (Å²) in [5, 5.41) is 2.46. The van der Waals surface area contributed by atoms with Crippen molar-refractivity contribution in [3.63, 3.8) is 0 Å². The lowest BCUT2D eigenvalue weighted by Gasteiger charge is -2.54. The standard InChI is InChI=1S/C29H34N2O3S/c1-27-11-9-23-16-22-5-6-24(31-35(2,32)33)17-28(22)12-13-29(23,34-28)26(27)8-7-25(27)20-4-3-19-10-14-30-18-21(19)15-20/h3-4,9-10,14-16,18,24-26,31H,5-8,11-13,17H2,1-2H3/t24-,25?,26-,27-,28-,29-/m1/s1. The van der Waals surface area contributed by atoms with Crippen LogP contribution in [-0.4, -0.2) is 36.9 Å². The van der Waals surface area contributed by atoms with Gasteiger partial charge in [0.15, 0.2) is 0 Å². The largest absolute Gasteiger partial charge is 0.359 e. The summed E-state index contributed by atoms with van der Waals surface area (Å²) in [5.74, 6) is 0.978. The first-order valence-electron chi connectivity index (χ1n) is 13.1. The van der Waals surface area contributed by atoms with Crippen molar-refractivity contribution in [1.29, 1.82) is 0 Å². The van der Waals surface area contributed by atoms with Gasteiger partial charge < -0.3 is 4.74 Å². The maximum atomic E-state index is 12.0. The van der Waals surface area contributed by atoms with Crippen molar-refractivity contribution >= 4 is 20.8 Å². The molecule has 0 amide bonds. The van der Waals surface area contributed by atoms with Gasteiger partial charge in [-0.25, -0.2) is 13.1 Å². The highest BCUT2D eigenvalue weighted by atomic mass is 32.2. The SMILES string of the molecule is C[C@]12CC=C3C=C4CC[C@@H](NS(C)(=O)=O)C[C@]45CC[C@]3(O5)[C@@H]1CCC2c1ccc2ccncc2c1. The molecule has 2 aliphatic heterocycles. The van der Waals surface area contributed by atoms with Crippen LogP contribution in [0.1, 0.15) is 69.8 Å². The maximum Gasteiger partial charge on any atom is 0.208 e. The number of allylic oxidation sites excluding steroid dienone is 1. The molecular weight excluding hydrogens is 456 g/mol. The quantitative estimate of drug-likeness (QED) is 0.626. The smallest absolute Gasteiger partial charge is 0.208 e. The number of benzene rings is 1. The summed E-state index contributed by atoms with van der Waals surface area (Å²) >= 11 is 0. The fourth-order valence-corrected chi connectivity index (χ4v) is 9.49. The molecule has 2 spiro atoms. The molecule has 6 heteroatoms. The summed E-state index contributed by atoms with van der Waals surface area (Å²) in [6, 6.07) is 8.98. The van der Waals surface area contributed by atoms with E-state index in [0.29, 0.717) is 11.8 Å². The Balaban J connectivity index is 1.24. The lowest BCUT2D eigenvalue weighted by Crippen LogP contribution is -2.55. The van der Waals surface area contributed by atoms with Crippen molar-refractivity contribution in [2.24, 2.45) is 11.3 Å². The van der Waals surface area contributed by atoms with Crippen molar-refractivity contribution in [1.82, 2.24) is 9.71 Å². The van der Waals surface area contributed by atoms with E-state index in [9.17, 15) is 8.42 Å². The fraction of sp³-hybridized carbons (Fsp3) is 0.552. The third kappa shape index (κ3) is 3.19. The number of fused-ring (bicyclic) bond motifs is 2. The lowest BCUT2D eigenvalue weighted by molar-refractivity contribution is -0.135. The van der Waals surface area contributed by atoms with E-state index >= 15 is 0 Å². The zero-order chi connectivity index (χ0) is 24.1. The number of hydrogen-bond acceptors (Lipinski definition) is 4. The second-order valence-electron chi connectivity index (χ2n) is 12.0. The van der Waals surface area contributed by atoms with Crippen LogP contribution < -0.4 is 4.72 Å². The van der Waals surface area contributed by atoms with Crippen LogP contribution in [0.15, 0.2) is 60.0 Å². The van der Waals surface area contributed by atoms with Gasteiger partial charge in [0.25, 0.3) is 0 Å². The number of pyridine rings is 1. The van der Waals surface area contributed by atoms with E-state index in [1.807, 2.05) is 12.4 Å². The van der Waals surface area contributed by atoms with Gasteiger partial charge in [-0.3, -0.25) is 4.98 Å². The molecule has 7 rings (SSSR count). The molecule has 1 aromatic heterocycles. The molecule has 5 nitrogen and oxygen atoms in total. The lowest BCUT2D eigenvalue weighted by atomic mass is 9.58. The molecule has 1 aromatic carbocycles. The van der Waals surface area contributed by atoms with E-state index in [1.165, 1.54) is 46.6 Å². The number of nitrogens with zero attached hydrogens (tertiary/aromatic N) is 1. The van der Waals surface area contributed by atoms with Gasteiger partial charge in [0.05, 0.1) is 17.5 Å². The van der Waals surface area contributed by atoms with Crippen LogP contribution in [0, 0.1) is 11.3 Å². The predicted molar refractivity (Wildman–Crippen MR) is 137 cm³/mol. The van der Waals surface area contributed by atoms with Gasteiger partial charge in [-0.15, -0.1) is 0 Å². The molecular formula is C29H34N2O3S. The van der Waals surface area contributed by atoms with Gasteiger partial charge in [0.1, 0.15) is 0 Å². The molecule has 184 valence electrons. The molecule has 2 aromatic rings. The second kappa shape index (κ2) is 7.27. The molecule has 1 N–H and O–H groups in total. The number of ether oxygens (including phenoxy) is 1. The van der Waals surface area contributed by atoms with E-state index in [4.69, 9.17) is 4.74 Å². The van der Waals surface area contributed by atoms with Gasteiger partial charge in [-0.1, -0.05) is 31.2 Å². The van der Waals surface area contributed by atoms with E-state index in [0.717, 1.165) is 38.5 Å². The minimum absolute atomic E-state index is 0.0414. The van der Waals surface area contributed by atoms with Gasteiger partial charge >= 0.3 is 0 Å². The molecule has 35 heavy (non-hydrogen) atoms. The fourth-order valence-electron chi connectivity index (χ4n) is 8.68. The number of nitrogens with one attached hydrogen (secondary N) is 1. The van der Waals surface area contributed by atoms with E-state index < -0.39 is 10.0 Å². The molecule has 3 aliphatic carbocycles. The Kier molecular flexibility index (Phi) is 4.61. The second-order valence-corrected chi connectivity index (χ2v) is 13.8. The Morgan fingerprint density at radius 1 is 1.11 bits per heavy atom. The molecule has 2 saturated carbocycles. The van der Waals surface area contributed by atoms with Crippen molar-refractivity contribution < 1.29 is 13.2 Å². The number of hydrogen-bond donors (Lipinski definition) is 1. The average molecular weight is 491 g/mol. The Labute approximate surface area is 208 Å². The van der Waals surface area contributed by atoms with Crippen molar-refractivity contribution in [2.75, 3.05) is 6.26 Å². The third-order valence-corrected chi connectivity index (χ3v) is 10.9. The molecule has 6 atom stereocenters. The van der Waals surface area contributed by atoms with Crippen molar-refractivity contribution in [2.45, 2.75) is 81.5 Å². The van der Waals surface area contributed by atoms with Crippen LogP contribution >= 0.6 is 0 Å².